The van der Waals surface area contributed by atoms with E-state index in [0.717, 1.165) is 10.8 Å². The second kappa shape index (κ2) is 6.13. The topological polar surface area (TPSA) is 24.1 Å². The summed E-state index contributed by atoms with van der Waals surface area (Å²) >= 11 is 5.53. The predicted molar refractivity (Wildman–Crippen MR) is 91.3 cm³/mol. The third-order valence-corrected chi connectivity index (χ3v) is 4.65. The maximum Gasteiger partial charge on any atom is 0.171 e. The smallest absolute Gasteiger partial charge is 0.171 e. The van der Waals surface area contributed by atoms with Crippen molar-refractivity contribution in [3.05, 3.63) is 29.3 Å². The Hall–Kier alpha value is -1.09. The van der Waals surface area contributed by atoms with Crippen LogP contribution < -0.4 is 10.6 Å². The minimum atomic E-state index is 0.183. The van der Waals surface area contributed by atoms with Crippen molar-refractivity contribution in [2.75, 3.05) is 5.32 Å². The number of hydrogen-bond acceptors (Lipinski definition) is 1. The van der Waals surface area contributed by atoms with Crippen LogP contribution in [0.1, 0.15) is 50.7 Å². The second-order valence-corrected chi connectivity index (χ2v) is 6.88. The number of rotatable bonds is 3. The van der Waals surface area contributed by atoms with Crippen LogP contribution in [-0.4, -0.2) is 10.7 Å². The first-order valence-corrected chi connectivity index (χ1v) is 7.99. The fraction of sp³-hybridized carbons (Fsp3) is 0.588. The summed E-state index contributed by atoms with van der Waals surface area (Å²) < 4.78 is 0. The molecule has 0 radical (unpaired) electrons. The Labute approximate surface area is 128 Å². The molecule has 0 aliphatic heterocycles. The molecule has 1 aromatic rings. The molecule has 1 aromatic carbocycles. The van der Waals surface area contributed by atoms with Crippen LogP contribution in [0.4, 0.5) is 5.69 Å². The highest BCUT2D eigenvalue weighted by Gasteiger charge is 2.37. The van der Waals surface area contributed by atoms with Crippen LogP contribution in [0.5, 0.6) is 0 Å². The van der Waals surface area contributed by atoms with Crippen molar-refractivity contribution in [1.82, 2.24) is 5.32 Å². The van der Waals surface area contributed by atoms with E-state index in [9.17, 15) is 0 Å². The second-order valence-electron chi connectivity index (χ2n) is 6.47. The van der Waals surface area contributed by atoms with Gasteiger partial charge in [0.05, 0.1) is 0 Å². The summed E-state index contributed by atoms with van der Waals surface area (Å²) in [7, 11) is 0. The summed E-state index contributed by atoms with van der Waals surface area (Å²) in [4.78, 5) is 0. The lowest BCUT2D eigenvalue weighted by molar-refractivity contribution is 0.283. The van der Waals surface area contributed by atoms with E-state index in [0.29, 0.717) is 5.92 Å². The van der Waals surface area contributed by atoms with Gasteiger partial charge in [-0.2, -0.15) is 0 Å². The lowest BCUT2D eigenvalue weighted by atomic mass is 9.85. The fourth-order valence-electron chi connectivity index (χ4n) is 3.29. The monoisotopic (exact) mass is 290 g/mol. The number of nitrogens with one attached hydrogen (secondary N) is 2. The Kier molecular flexibility index (Phi) is 4.69. The summed E-state index contributed by atoms with van der Waals surface area (Å²) in [5.41, 5.74) is 3.78. The molecule has 1 saturated carbocycles. The molecule has 2 nitrogen and oxygen atoms in total. The average molecular weight is 290 g/mol. The molecule has 0 unspecified atom stereocenters. The number of anilines is 1. The van der Waals surface area contributed by atoms with E-state index in [1.807, 2.05) is 0 Å². The predicted octanol–water partition coefficient (Wildman–Crippen LogP) is 4.56. The van der Waals surface area contributed by atoms with Gasteiger partial charge in [-0.15, -0.1) is 0 Å². The maximum absolute atomic E-state index is 5.53. The van der Waals surface area contributed by atoms with Crippen molar-refractivity contribution >= 4 is 23.0 Å². The highest BCUT2D eigenvalue weighted by molar-refractivity contribution is 7.80. The summed E-state index contributed by atoms with van der Waals surface area (Å²) in [5.74, 6) is 0.601. The van der Waals surface area contributed by atoms with Crippen LogP contribution in [0, 0.1) is 19.8 Å². The van der Waals surface area contributed by atoms with Gasteiger partial charge in [0.15, 0.2) is 5.11 Å². The highest BCUT2D eigenvalue weighted by atomic mass is 32.1. The molecule has 2 N–H and O–H groups in total. The van der Waals surface area contributed by atoms with Crippen LogP contribution in [-0.2, 0) is 0 Å². The van der Waals surface area contributed by atoms with Gasteiger partial charge in [-0.3, -0.25) is 0 Å². The Bertz CT molecular complexity index is 468. The standard InChI is InChI=1S/C17H26N2S/c1-12(2)17(7-5-6-8-17)19-16(20)18-15-10-13(3)9-14(4)11-15/h9-12H,5-8H2,1-4H3,(H2,18,19,20). The molecular weight excluding hydrogens is 264 g/mol. The minimum Gasteiger partial charge on any atom is -0.357 e. The molecule has 0 spiro atoms. The van der Waals surface area contributed by atoms with Gasteiger partial charge in [0, 0.05) is 11.2 Å². The summed E-state index contributed by atoms with van der Waals surface area (Å²) in [5, 5.41) is 7.71. The zero-order valence-electron chi connectivity index (χ0n) is 13.0. The van der Waals surface area contributed by atoms with Gasteiger partial charge < -0.3 is 10.6 Å². The molecule has 0 heterocycles. The van der Waals surface area contributed by atoms with E-state index >= 15 is 0 Å². The van der Waals surface area contributed by atoms with Crippen molar-refractivity contribution in [2.24, 2.45) is 5.92 Å². The molecule has 20 heavy (non-hydrogen) atoms. The Morgan fingerprint density at radius 3 is 2.15 bits per heavy atom. The SMILES string of the molecule is Cc1cc(C)cc(NC(=S)NC2(C(C)C)CCCC2)c1. The Balaban J connectivity index is 2.04. The van der Waals surface area contributed by atoms with Crippen molar-refractivity contribution < 1.29 is 0 Å². The molecule has 3 heteroatoms. The van der Waals surface area contributed by atoms with E-state index in [-0.39, 0.29) is 5.54 Å². The summed E-state index contributed by atoms with van der Waals surface area (Å²) in [6, 6.07) is 6.45. The first-order valence-electron chi connectivity index (χ1n) is 7.59. The average Bonchev–Trinajstić information content (AvgIpc) is 2.76. The molecule has 1 aliphatic rings. The third-order valence-electron chi connectivity index (χ3n) is 4.44. The largest absolute Gasteiger partial charge is 0.357 e. The minimum absolute atomic E-state index is 0.183. The van der Waals surface area contributed by atoms with Crippen molar-refractivity contribution in [1.29, 1.82) is 0 Å². The molecule has 1 fully saturated rings. The van der Waals surface area contributed by atoms with Crippen LogP contribution in [0.25, 0.3) is 0 Å². The first-order chi connectivity index (χ1) is 9.41. The molecule has 110 valence electrons. The van der Waals surface area contributed by atoms with Crippen LogP contribution in [0.2, 0.25) is 0 Å². The number of benzene rings is 1. The molecule has 0 amide bonds. The molecule has 0 saturated heterocycles. The van der Waals surface area contributed by atoms with Crippen molar-refractivity contribution in [3.8, 4) is 0 Å². The van der Waals surface area contributed by atoms with Crippen LogP contribution >= 0.6 is 12.2 Å². The van der Waals surface area contributed by atoms with E-state index in [1.165, 1.54) is 36.8 Å². The van der Waals surface area contributed by atoms with Crippen LogP contribution in [0.15, 0.2) is 18.2 Å². The number of hydrogen-bond donors (Lipinski definition) is 2. The molecule has 1 aliphatic carbocycles. The molecule has 2 rings (SSSR count). The van der Waals surface area contributed by atoms with Crippen molar-refractivity contribution in [2.45, 2.75) is 58.9 Å². The van der Waals surface area contributed by atoms with E-state index in [1.54, 1.807) is 0 Å². The van der Waals surface area contributed by atoms with Gasteiger partial charge in [-0.25, -0.2) is 0 Å². The zero-order valence-corrected chi connectivity index (χ0v) is 13.9. The number of aryl methyl sites for hydroxylation is 2. The summed E-state index contributed by atoms with van der Waals surface area (Å²) in [6.45, 7) is 8.80. The molecule has 0 atom stereocenters. The Morgan fingerprint density at radius 1 is 1.10 bits per heavy atom. The fourth-order valence-corrected chi connectivity index (χ4v) is 3.61. The van der Waals surface area contributed by atoms with Gasteiger partial charge in [-0.05, 0) is 68.1 Å². The summed E-state index contributed by atoms with van der Waals surface area (Å²) in [6.07, 6.45) is 5.05. The van der Waals surface area contributed by atoms with Gasteiger partial charge >= 0.3 is 0 Å². The quantitative estimate of drug-likeness (QED) is 0.798. The lowest BCUT2D eigenvalue weighted by Gasteiger charge is -2.36. The van der Waals surface area contributed by atoms with E-state index < -0.39 is 0 Å². The highest BCUT2D eigenvalue weighted by Crippen LogP contribution is 2.35. The van der Waals surface area contributed by atoms with Gasteiger partial charge in [0.25, 0.3) is 0 Å². The molecular formula is C17H26N2S. The maximum atomic E-state index is 5.53. The molecule has 0 aromatic heterocycles. The van der Waals surface area contributed by atoms with Gasteiger partial charge in [0.2, 0.25) is 0 Å². The van der Waals surface area contributed by atoms with Gasteiger partial charge in [0.1, 0.15) is 0 Å². The Morgan fingerprint density at radius 2 is 1.65 bits per heavy atom. The lowest BCUT2D eigenvalue weighted by Crippen LogP contribution is -2.51. The molecule has 0 bridgehead atoms. The number of thiocarbonyl (C=S) groups is 1. The van der Waals surface area contributed by atoms with Gasteiger partial charge in [-0.1, -0.05) is 32.8 Å². The van der Waals surface area contributed by atoms with Crippen molar-refractivity contribution in [3.63, 3.8) is 0 Å². The van der Waals surface area contributed by atoms with Crippen LogP contribution in [0.3, 0.4) is 0 Å². The third kappa shape index (κ3) is 3.51. The normalized spacial score (nSPS) is 17.2. The first kappa shape index (κ1) is 15.3. The van der Waals surface area contributed by atoms with E-state index in [4.69, 9.17) is 12.2 Å². The van der Waals surface area contributed by atoms with E-state index in [2.05, 4.69) is 56.5 Å². The zero-order chi connectivity index (χ0) is 14.8.